The van der Waals surface area contributed by atoms with Crippen LogP contribution in [0.4, 0.5) is 10.5 Å². The van der Waals surface area contributed by atoms with E-state index in [0.29, 0.717) is 12.8 Å². The number of ether oxygens (including phenoxy) is 1. The molecule has 4 amide bonds. The van der Waals surface area contributed by atoms with Gasteiger partial charge in [-0.15, -0.1) is 0 Å². The van der Waals surface area contributed by atoms with Crippen molar-refractivity contribution in [3.05, 3.63) is 29.8 Å². The van der Waals surface area contributed by atoms with E-state index in [9.17, 15) is 19.2 Å². The van der Waals surface area contributed by atoms with Gasteiger partial charge in [0, 0.05) is 11.7 Å². The third-order valence-corrected chi connectivity index (χ3v) is 5.57. The first kappa shape index (κ1) is 19.9. The van der Waals surface area contributed by atoms with E-state index in [1.54, 1.807) is 18.7 Å². The molecule has 1 fully saturated rings. The highest BCUT2D eigenvalue weighted by atomic mass is 16.5. The van der Waals surface area contributed by atoms with Crippen LogP contribution >= 0.6 is 0 Å². The summed E-state index contributed by atoms with van der Waals surface area (Å²) in [5.74, 6) is -1.56. The Bertz CT molecular complexity index is 818. The molecule has 0 unspecified atom stereocenters. The summed E-state index contributed by atoms with van der Waals surface area (Å²) >= 11 is 0. The van der Waals surface area contributed by atoms with Crippen molar-refractivity contribution in [3.63, 3.8) is 0 Å². The zero-order chi connectivity index (χ0) is 20.5. The Morgan fingerprint density at radius 1 is 1.21 bits per heavy atom. The molecule has 1 saturated heterocycles. The van der Waals surface area contributed by atoms with Gasteiger partial charge in [0.05, 0.1) is 0 Å². The van der Waals surface area contributed by atoms with Crippen molar-refractivity contribution in [1.82, 2.24) is 10.2 Å². The van der Waals surface area contributed by atoms with Gasteiger partial charge in [-0.1, -0.05) is 32.0 Å². The second kappa shape index (κ2) is 7.61. The predicted molar refractivity (Wildman–Crippen MR) is 102 cm³/mol. The zero-order valence-corrected chi connectivity index (χ0v) is 16.4. The molecule has 2 aliphatic heterocycles. The van der Waals surface area contributed by atoms with Crippen LogP contribution in [-0.4, -0.2) is 53.4 Å². The molecule has 8 nitrogen and oxygen atoms in total. The average Bonchev–Trinajstić information content (AvgIpc) is 3.14. The van der Waals surface area contributed by atoms with Crippen LogP contribution in [0.1, 0.15) is 39.2 Å². The van der Waals surface area contributed by atoms with Crippen molar-refractivity contribution in [2.45, 2.75) is 51.6 Å². The largest absolute Gasteiger partial charge is 0.454 e. The van der Waals surface area contributed by atoms with Crippen LogP contribution in [0, 0.1) is 0 Å². The van der Waals surface area contributed by atoms with Crippen molar-refractivity contribution in [2.75, 3.05) is 18.1 Å². The number of urea groups is 1. The van der Waals surface area contributed by atoms with Crippen LogP contribution in [-0.2, 0) is 25.5 Å². The molecule has 0 aliphatic carbocycles. The maximum absolute atomic E-state index is 12.6. The molecule has 1 atom stereocenters. The Morgan fingerprint density at radius 3 is 2.54 bits per heavy atom. The van der Waals surface area contributed by atoms with E-state index in [0.717, 1.165) is 22.6 Å². The molecule has 0 spiro atoms. The van der Waals surface area contributed by atoms with Gasteiger partial charge in [0.25, 0.3) is 11.8 Å². The van der Waals surface area contributed by atoms with Gasteiger partial charge in [-0.05, 0) is 37.8 Å². The van der Waals surface area contributed by atoms with Crippen molar-refractivity contribution in [2.24, 2.45) is 0 Å². The number of esters is 1. The van der Waals surface area contributed by atoms with Gasteiger partial charge in [-0.3, -0.25) is 19.3 Å². The van der Waals surface area contributed by atoms with E-state index in [2.05, 4.69) is 5.32 Å². The summed E-state index contributed by atoms with van der Waals surface area (Å²) in [6.45, 7) is 4.59. The van der Waals surface area contributed by atoms with E-state index < -0.39 is 36.6 Å². The minimum absolute atomic E-state index is 0.0238. The average molecular weight is 387 g/mol. The van der Waals surface area contributed by atoms with Gasteiger partial charge >= 0.3 is 12.0 Å². The van der Waals surface area contributed by atoms with Crippen molar-refractivity contribution in [1.29, 1.82) is 0 Å². The van der Waals surface area contributed by atoms with Crippen LogP contribution in [0.3, 0.4) is 0 Å². The summed E-state index contributed by atoms with van der Waals surface area (Å²) in [6.07, 6.45) is 1.61. The number of anilines is 1. The quantitative estimate of drug-likeness (QED) is 0.591. The molecule has 0 saturated carbocycles. The predicted octanol–water partition coefficient (Wildman–Crippen LogP) is 1.62. The maximum Gasteiger partial charge on any atom is 0.326 e. The Hall–Kier alpha value is -2.90. The number of imide groups is 1. The smallest absolute Gasteiger partial charge is 0.326 e. The van der Waals surface area contributed by atoms with Gasteiger partial charge < -0.3 is 15.0 Å². The molecule has 0 radical (unpaired) electrons. The molecule has 0 aromatic heterocycles. The standard InChI is InChI=1S/C20H25N3O5/c1-4-20(5-2)18(26)22(19(27)21-20)11-17(25)28-12-16(24)23-13(3)10-14-8-6-7-9-15(14)23/h6-9,13H,4-5,10-12H2,1-3H3,(H,21,27)/t13-/m1/s1. The molecule has 28 heavy (non-hydrogen) atoms. The number of nitrogens with zero attached hydrogens (tertiary/aromatic N) is 2. The lowest BCUT2D eigenvalue weighted by atomic mass is 9.93. The van der Waals surface area contributed by atoms with Gasteiger partial charge in [0.15, 0.2) is 6.61 Å². The number of carbonyl (C=O) groups excluding carboxylic acids is 4. The number of hydrogen-bond donors (Lipinski definition) is 1. The molecule has 2 heterocycles. The van der Waals surface area contributed by atoms with Gasteiger partial charge in [-0.25, -0.2) is 4.79 Å². The van der Waals surface area contributed by atoms with E-state index in [1.165, 1.54) is 0 Å². The Morgan fingerprint density at radius 2 is 1.89 bits per heavy atom. The topological polar surface area (TPSA) is 96.0 Å². The number of nitrogens with one attached hydrogen (secondary N) is 1. The fourth-order valence-electron chi connectivity index (χ4n) is 3.88. The van der Waals surface area contributed by atoms with E-state index in [1.807, 2.05) is 31.2 Å². The summed E-state index contributed by atoms with van der Waals surface area (Å²) < 4.78 is 5.07. The van der Waals surface area contributed by atoms with E-state index in [-0.39, 0.29) is 11.9 Å². The zero-order valence-electron chi connectivity index (χ0n) is 16.4. The molecule has 8 heteroatoms. The normalized spacial score (nSPS) is 20.2. The van der Waals surface area contributed by atoms with Crippen LogP contribution < -0.4 is 10.2 Å². The van der Waals surface area contributed by atoms with Crippen molar-refractivity contribution >= 4 is 29.5 Å². The Labute approximate surface area is 163 Å². The molecule has 2 aliphatic rings. The first-order valence-electron chi connectivity index (χ1n) is 9.52. The number of fused-ring (bicyclic) bond motifs is 1. The molecule has 150 valence electrons. The van der Waals surface area contributed by atoms with Crippen LogP contribution in [0.15, 0.2) is 24.3 Å². The second-order valence-corrected chi connectivity index (χ2v) is 7.22. The Balaban J connectivity index is 1.59. The van der Waals surface area contributed by atoms with Crippen LogP contribution in [0.25, 0.3) is 0 Å². The molecule has 1 aromatic rings. The SMILES string of the molecule is CCC1(CC)NC(=O)N(CC(=O)OCC(=O)N2c3ccccc3C[C@H]2C)C1=O. The minimum Gasteiger partial charge on any atom is -0.454 e. The van der Waals surface area contributed by atoms with Crippen molar-refractivity contribution in [3.8, 4) is 0 Å². The molecule has 1 N–H and O–H groups in total. The number of carbonyl (C=O) groups is 4. The van der Waals surface area contributed by atoms with E-state index >= 15 is 0 Å². The highest BCUT2D eigenvalue weighted by molar-refractivity contribution is 6.08. The summed E-state index contributed by atoms with van der Waals surface area (Å²) in [5, 5.41) is 2.65. The highest BCUT2D eigenvalue weighted by Gasteiger charge is 2.49. The molecular weight excluding hydrogens is 362 g/mol. The summed E-state index contributed by atoms with van der Waals surface area (Å²) in [6, 6.07) is 6.97. The van der Waals surface area contributed by atoms with E-state index in [4.69, 9.17) is 4.74 Å². The lowest BCUT2D eigenvalue weighted by molar-refractivity contribution is -0.150. The molecular formula is C20H25N3O5. The first-order valence-corrected chi connectivity index (χ1v) is 9.52. The van der Waals surface area contributed by atoms with Gasteiger partial charge in [-0.2, -0.15) is 0 Å². The lowest BCUT2D eigenvalue weighted by Gasteiger charge is -2.23. The third kappa shape index (κ3) is 3.34. The summed E-state index contributed by atoms with van der Waals surface area (Å²) in [4.78, 5) is 51.8. The molecule has 3 rings (SSSR count). The van der Waals surface area contributed by atoms with Gasteiger partial charge in [0.1, 0.15) is 12.1 Å². The Kier molecular flexibility index (Phi) is 5.40. The molecule has 1 aromatic carbocycles. The number of para-hydroxylation sites is 1. The highest BCUT2D eigenvalue weighted by Crippen LogP contribution is 2.31. The van der Waals surface area contributed by atoms with Crippen LogP contribution in [0.5, 0.6) is 0 Å². The summed E-state index contributed by atoms with van der Waals surface area (Å²) in [5.41, 5.74) is 0.923. The number of rotatable bonds is 6. The fraction of sp³-hybridized carbons (Fsp3) is 0.500. The number of benzene rings is 1. The minimum atomic E-state index is -0.970. The lowest BCUT2D eigenvalue weighted by Crippen LogP contribution is -2.46. The second-order valence-electron chi connectivity index (χ2n) is 7.22. The first-order chi connectivity index (χ1) is 13.3. The van der Waals surface area contributed by atoms with Crippen LogP contribution in [0.2, 0.25) is 0 Å². The monoisotopic (exact) mass is 387 g/mol. The maximum atomic E-state index is 12.6. The summed E-state index contributed by atoms with van der Waals surface area (Å²) in [7, 11) is 0. The van der Waals surface area contributed by atoms with Crippen molar-refractivity contribution < 1.29 is 23.9 Å². The van der Waals surface area contributed by atoms with Gasteiger partial charge in [0.2, 0.25) is 0 Å². The third-order valence-electron chi connectivity index (χ3n) is 5.57. The number of amides is 4. The number of hydrogen-bond acceptors (Lipinski definition) is 5. The fourth-order valence-corrected chi connectivity index (χ4v) is 3.88. The molecule has 0 bridgehead atoms.